The fourth-order valence-electron chi connectivity index (χ4n) is 2.94. The van der Waals surface area contributed by atoms with Crippen LogP contribution in [0.4, 0.5) is 13.2 Å². The normalized spacial score (nSPS) is 15.5. The lowest BCUT2D eigenvalue weighted by Gasteiger charge is -2.32. The van der Waals surface area contributed by atoms with Gasteiger partial charge in [0.2, 0.25) is 5.88 Å². The summed E-state index contributed by atoms with van der Waals surface area (Å²) in [6.07, 6.45) is 0.625. The molecule has 0 radical (unpaired) electrons. The number of piperidine rings is 1. The van der Waals surface area contributed by atoms with Gasteiger partial charge in [-0.15, -0.1) is 0 Å². The van der Waals surface area contributed by atoms with Crippen LogP contribution in [0.15, 0.2) is 30.7 Å². The van der Waals surface area contributed by atoms with Crippen molar-refractivity contribution in [3.05, 3.63) is 41.9 Å². The second-order valence-corrected chi connectivity index (χ2v) is 6.32. The first-order valence-corrected chi connectivity index (χ1v) is 8.45. The molecule has 0 bridgehead atoms. The highest BCUT2D eigenvalue weighted by Gasteiger charge is 2.29. The Hall–Kier alpha value is -3.11. The number of amides is 1. The fourth-order valence-corrected chi connectivity index (χ4v) is 2.94. The van der Waals surface area contributed by atoms with Gasteiger partial charge in [0.1, 0.15) is 0 Å². The quantitative estimate of drug-likeness (QED) is 0.831. The second kappa shape index (κ2) is 7.87. The number of ether oxygens (including phenoxy) is 1. The molecule has 11 heteroatoms. The zero-order valence-corrected chi connectivity index (χ0v) is 14.6. The number of carboxylic acids is 1. The molecule has 0 aromatic carbocycles. The maximum absolute atomic E-state index is 12.6. The van der Waals surface area contributed by atoms with Crippen LogP contribution in [-0.2, 0) is 0 Å². The average molecular weight is 398 g/mol. The van der Waals surface area contributed by atoms with Crippen LogP contribution in [-0.4, -0.2) is 62.5 Å². The summed E-state index contributed by atoms with van der Waals surface area (Å²) in [5, 5.41) is 13.0. The summed E-state index contributed by atoms with van der Waals surface area (Å²) in [5.41, 5.74) is 0.291. The van der Waals surface area contributed by atoms with Gasteiger partial charge in [-0.05, 0) is 18.9 Å². The summed E-state index contributed by atoms with van der Waals surface area (Å²) in [6, 6.07) is 2.58. The molecular formula is C17H17F3N4O4. The summed E-state index contributed by atoms with van der Waals surface area (Å²) in [4.78, 5) is 28.8. The molecule has 0 aliphatic carbocycles. The highest BCUT2D eigenvalue weighted by atomic mass is 19.4. The third-order valence-corrected chi connectivity index (χ3v) is 4.34. The van der Waals surface area contributed by atoms with Crippen LogP contribution in [0.2, 0.25) is 0 Å². The largest absolute Gasteiger partial charge is 0.478 e. The molecule has 2 aromatic heterocycles. The van der Waals surface area contributed by atoms with E-state index < -0.39 is 18.8 Å². The highest BCUT2D eigenvalue weighted by Crippen LogP contribution is 2.24. The number of halogens is 3. The Labute approximate surface area is 157 Å². The Morgan fingerprint density at radius 1 is 1.25 bits per heavy atom. The Morgan fingerprint density at radius 3 is 2.57 bits per heavy atom. The number of pyridine rings is 1. The number of likely N-dealkylation sites (tertiary alicyclic amines) is 1. The topological polar surface area (TPSA) is 97.6 Å². The predicted molar refractivity (Wildman–Crippen MR) is 89.1 cm³/mol. The number of alkyl halides is 3. The van der Waals surface area contributed by atoms with Crippen molar-refractivity contribution < 1.29 is 32.6 Å². The minimum Gasteiger partial charge on any atom is -0.478 e. The van der Waals surface area contributed by atoms with E-state index in [1.807, 2.05) is 0 Å². The number of aromatic carboxylic acids is 1. The molecule has 28 heavy (non-hydrogen) atoms. The molecule has 0 unspecified atom stereocenters. The molecule has 8 nitrogen and oxygen atoms in total. The lowest BCUT2D eigenvalue weighted by molar-refractivity contribution is -0.154. The summed E-state index contributed by atoms with van der Waals surface area (Å²) < 4.78 is 42.9. The SMILES string of the molecule is O=C(O)c1cnn(C2CCN(C(=O)c3ccnc(OCC(F)(F)F)c3)CC2)c1. The molecular weight excluding hydrogens is 381 g/mol. The maximum Gasteiger partial charge on any atom is 0.422 e. The number of hydrogen-bond acceptors (Lipinski definition) is 5. The van der Waals surface area contributed by atoms with Gasteiger partial charge in [0.05, 0.1) is 17.8 Å². The Kier molecular flexibility index (Phi) is 5.52. The van der Waals surface area contributed by atoms with Crippen LogP contribution in [0.3, 0.4) is 0 Å². The fraction of sp³-hybridized carbons (Fsp3) is 0.412. The van der Waals surface area contributed by atoms with Gasteiger partial charge in [-0.3, -0.25) is 9.48 Å². The van der Waals surface area contributed by atoms with E-state index in [2.05, 4.69) is 14.8 Å². The zero-order valence-electron chi connectivity index (χ0n) is 14.6. The van der Waals surface area contributed by atoms with Gasteiger partial charge < -0.3 is 14.7 Å². The number of nitrogens with zero attached hydrogens (tertiary/aromatic N) is 4. The number of aromatic nitrogens is 3. The van der Waals surface area contributed by atoms with Crippen molar-refractivity contribution in [2.24, 2.45) is 0 Å². The van der Waals surface area contributed by atoms with Crippen molar-refractivity contribution in [2.45, 2.75) is 25.1 Å². The molecule has 1 amide bonds. The molecule has 0 atom stereocenters. The van der Waals surface area contributed by atoms with Crippen LogP contribution in [0, 0.1) is 0 Å². The van der Waals surface area contributed by atoms with Crippen molar-refractivity contribution in [1.82, 2.24) is 19.7 Å². The molecule has 2 aromatic rings. The van der Waals surface area contributed by atoms with E-state index in [0.717, 1.165) is 0 Å². The minimum atomic E-state index is -4.49. The Bertz CT molecular complexity index is 860. The molecule has 150 valence electrons. The number of carboxylic acid groups (broad SMARTS) is 1. The second-order valence-electron chi connectivity index (χ2n) is 6.32. The third-order valence-electron chi connectivity index (χ3n) is 4.34. The van der Waals surface area contributed by atoms with Gasteiger partial charge >= 0.3 is 12.1 Å². The van der Waals surface area contributed by atoms with E-state index in [-0.39, 0.29) is 29.0 Å². The molecule has 3 rings (SSSR count). The van der Waals surface area contributed by atoms with Crippen LogP contribution < -0.4 is 4.74 Å². The first-order chi connectivity index (χ1) is 13.2. The Balaban J connectivity index is 1.59. The van der Waals surface area contributed by atoms with E-state index >= 15 is 0 Å². The van der Waals surface area contributed by atoms with E-state index in [1.54, 1.807) is 9.58 Å². The van der Waals surface area contributed by atoms with Gasteiger partial charge in [0, 0.05) is 37.1 Å². The average Bonchev–Trinajstić information content (AvgIpc) is 3.16. The first-order valence-electron chi connectivity index (χ1n) is 8.45. The molecule has 0 spiro atoms. The van der Waals surface area contributed by atoms with Gasteiger partial charge in [-0.2, -0.15) is 18.3 Å². The van der Waals surface area contributed by atoms with Gasteiger partial charge in [-0.25, -0.2) is 9.78 Å². The van der Waals surface area contributed by atoms with E-state index in [1.165, 1.54) is 30.7 Å². The van der Waals surface area contributed by atoms with Crippen LogP contribution >= 0.6 is 0 Å². The minimum absolute atomic E-state index is 0.0275. The third kappa shape index (κ3) is 4.78. The standard InChI is InChI=1S/C17H17F3N4O4/c18-17(19,20)10-28-14-7-11(1-4-21-14)15(25)23-5-2-13(3-6-23)24-9-12(8-22-24)16(26)27/h1,4,7-9,13H,2-3,5-6,10H2,(H,26,27). The number of carbonyl (C=O) groups is 2. The maximum atomic E-state index is 12.6. The van der Waals surface area contributed by atoms with Crippen molar-refractivity contribution in [3.63, 3.8) is 0 Å². The summed E-state index contributed by atoms with van der Waals surface area (Å²) in [7, 11) is 0. The number of carbonyl (C=O) groups excluding carboxylic acids is 1. The smallest absolute Gasteiger partial charge is 0.422 e. The van der Waals surface area contributed by atoms with Crippen molar-refractivity contribution in [1.29, 1.82) is 0 Å². The van der Waals surface area contributed by atoms with Crippen LogP contribution in [0.25, 0.3) is 0 Å². The lowest BCUT2D eigenvalue weighted by Crippen LogP contribution is -2.39. The number of rotatable bonds is 5. The summed E-state index contributed by atoms with van der Waals surface area (Å²) in [5.74, 6) is -1.65. The monoisotopic (exact) mass is 398 g/mol. The van der Waals surface area contributed by atoms with E-state index in [4.69, 9.17) is 5.11 Å². The zero-order chi connectivity index (χ0) is 20.3. The molecule has 0 saturated carbocycles. The predicted octanol–water partition coefficient (Wildman–Crippen LogP) is 2.39. The van der Waals surface area contributed by atoms with Crippen molar-refractivity contribution >= 4 is 11.9 Å². The highest BCUT2D eigenvalue weighted by molar-refractivity contribution is 5.94. The lowest BCUT2D eigenvalue weighted by atomic mass is 10.0. The number of hydrogen-bond donors (Lipinski definition) is 1. The Morgan fingerprint density at radius 2 is 1.96 bits per heavy atom. The van der Waals surface area contributed by atoms with Crippen LogP contribution in [0.5, 0.6) is 5.88 Å². The van der Waals surface area contributed by atoms with E-state index in [9.17, 15) is 22.8 Å². The van der Waals surface area contributed by atoms with Gasteiger partial charge in [0.15, 0.2) is 6.61 Å². The van der Waals surface area contributed by atoms with Gasteiger partial charge in [0.25, 0.3) is 5.91 Å². The first kappa shape index (κ1) is 19.6. The van der Waals surface area contributed by atoms with Crippen molar-refractivity contribution in [3.8, 4) is 5.88 Å². The summed E-state index contributed by atoms with van der Waals surface area (Å²) in [6.45, 7) is -0.662. The molecule has 1 N–H and O–H groups in total. The van der Waals surface area contributed by atoms with Crippen LogP contribution in [0.1, 0.15) is 39.6 Å². The summed E-state index contributed by atoms with van der Waals surface area (Å²) >= 11 is 0. The van der Waals surface area contributed by atoms with Gasteiger partial charge in [-0.1, -0.05) is 0 Å². The molecule has 3 heterocycles. The van der Waals surface area contributed by atoms with E-state index in [0.29, 0.717) is 25.9 Å². The van der Waals surface area contributed by atoms with Crippen molar-refractivity contribution in [2.75, 3.05) is 19.7 Å². The molecule has 1 aliphatic rings. The molecule has 1 aliphatic heterocycles. The molecule has 1 fully saturated rings. The molecule has 1 saturated heterocycles.